The van der Waals surface area contributed by atoms with Crippen LogP contribution in [-0.2, 0) is 0 Å². The van der Waals surface area contributed by atoms with E-state index in [1.807, 2.05) is 48.5 Å². The van der Waals surface area contributed by atoms with Crippen molar-refractivity contribution in [3.8, 4) is 11.5 Å². The summed E-state index contributed by atoms with van der Waals surface area (Å²) in [6.45, 7) is 1.73. The van der Waals surface area contributed by atoms with E-state index in [2.05, 4.69) is 20.9 Å². The van der Waals surface area contributed by atoms with Gasteiger partial charge >= 0.3 is 0 Å². The number of rotatable bonds is 3. The molecular weight excluding hydrogens is 330 g/mol. The van der Waals surface area contributed by atoms with Crippen LogP contribution in [-0.4, -0.2) is 10.1 Å². The Morgan fingerprint density at radius 3 is 2.67 bits per heavy atom. The molecule has 3 rings (SSSR count). The van der Waals surface area contributed by atoms with E-state index < -0.39 is 6.10 Å². The van der Waals surface area contributed by atoms with Crippen molar-refractivity contribution in [3.05, 3.63) is 64.8 Å². The van der Waals surface area contributed by atoms with Gasteiger partial charge in [-0.1, -0.05) is 24.3 Å². The highest BCUT2D eigenvalue weighted by molar-refractivity contribution is 9.10. The van der Waals surface area contributed by atoms with Crippen molar-refractivity contribution >= 4 is 26.8 Å². The number of nitrogens with zero attached hydrogens (tertiary/aromatic N) is 1. The first-order valence-corrected chi connectivity index (χ1v) is 7.43. The van der Waals surface area contributed by atoms with Crippen LogP contribution >= 0.6 is 15.9 Å². The van der Waals surface area contributed by atoms with Gasteiger partial charge in [0.05, 0.1) is 10.6 Å². The summed E-state index contributed by atoms with van der Waals surface area (Å²) >= 11 is 3.48. The molecule has 0 unspecified atom stereocenters. The number of pyridine rings is 1. The molecule has 21 heavy (non-hydrogen) atoms. The van der Waals surface area contributed by atoms with Gasteiger partial charge < -0.3 is 9.84 Å². The molecule has 1 heterocycles. The van der Waals surface area contributed by atoms with Gasteiger partial charge in [0.1, 0.15) is 11.3 Å². The van der Waals surface area contributed by atoms with Crippen molar-refractivity contribution in [2.45, 2.75) is 13.0 Å². The summed E-state index contributed by atoms with van der Waals surface area (Å²) in [5.41, 5.74) is 1.66. The van der Waals surface area contributed by atoms with Crippen molar-refractivity contribution in [1.82, 2.24) is 4.98 Å². The SMILES string of the molecule is C[C@@H](O)c1ccc(Oc2cccc3cccnc23)c(Br)c1. The summed E-state index contributed by atoms with van der Waals surface area (Å²) in [6.07, 6.45) is 1.25. The average molecular weight is 344 g/mol. The molecule has 0 amide bonds. The Hall–Kier alpha value is -1.91. The number of benzene rings is 2. The van der Waals surface area contributed by atoms with Crippen LogP contribution < -0.4 is 4.74 Å². The highest BCUT2D eigenvalue weighted by atomic mass is 79.9. The molecule has 3 aromatic rings. The minimum Gasteiger partial charge on any atom is -0.454 e. The largest absolute Gasteiger partial charge is 0.454 e. The minimum atomic E-state index is -0.505. The molecule has 1 atom stereocenters. The predicted molar refractivity (Wildman–Crippen MR) is 86.6 cm³/mol. The van der Waals surface area contributed by atoms with Gasteiger partial charge in [-0.15, -0.1) is 0 Å². The maximum atomic E-state index is 9.60. The normalized spacial score (nSPS) is 12.3. The zero-order chi connectivity index (χ0) is 14.8. The van der Waals surface area contributed by atoms with Crippen molar-refractivity contribution in [3.63, 3.8) is 0 Å². The lowest BCUT2D eigenvalue weighted by atomic mass is 10.1. The summed E-state index contributed by atoms with van der Waals surface area (Å²) < 4.78 is 6.77. The Kier molecular flexibility index (Phi) is 3.90. The average Bonchev–Trinajstić information content (AvgIpc) is 2.49. The lowest BCUT2D eigenvalue weighted by molar-refractivity contribution is 0.199. The third-order valence-electron chi connectivity index (χ3n) is 3.25. The lowest BCUT2D eigenvalue weighted by Crippen LogP contribution is -1.93. The monoisotopic (exact) mass is 343 g/mol. The van der Waals surface area contributed by atoms with Crippen LogP contribution in [0.4, 0.5) is 0 Å². The van der Waals surface area contributed by atoms with E-state index in [0.29, 0.717) is 11.5 Å². The summed E-state index contributed by atoms with van der Waals surface area (Å²) in [5, 5.41) is 10.6. The van der Waals surface area contributed by atoms with Crippen molar-refractivity contribution in [2.75, 3.05) is 0 Å². The maximum Gasteiger partial charge on any atom is 0.153 e. The number of fused-ring (bicyclic) bond motifs is 1. The zero-order valence-corrected chi connectivity index (χ0v) is 13.0. The van der Waals surface area contributed by atoms with Crippen LogP contribution in [0.2, 0.25) is 0 Å². The fourth-order valence-corrected chi connectivity index (χ4v) is 2.61. The molecule has 0 aliphatic carbocycles. The molecule has 0 bridgehead atoms. The molecule has 1 aromatic heterocycles. The molecule has 3 nitrogen and oxygen atoms in total. The number of halogens is 1. The number of aliphatic hydroxyl groups is 1. The molecular formula is C17H14BrNO2. The molecule has 0 spiro atoms. The molecule has 1 N–H and O–H groups in total. The van der Waals surface area contributed by atoms with E-state index >= 15 is 0 Å². The van der Waals surface area contributed by atoms with Crippen LogP contribution in [0, 0.1) is 0 Å². The van der Waals surface area contributed by atoms with E-state index in [9.17, 15) is 5.11 Å². The number of aromatic nitrogens is 1. The van der Waals surface area contributed by atoms with Gasteiger partial charge in [0.25, 0.3) is 0 Å². The number of para-hydroxylation sites is 1. The first-order chi connectivity index (χ1) is 10.1. The van der Waals surface area contributed by atoms with Crippen LogP contribution in [0.3, 0.4) is 0 Å². The zero-order valence-electron chi connectivity index (χ0n) is 11.5. The number of hydrogen-bond donors (Lipinski definition) is 1. The summed E-state index contributed by atoms with van der Waals surface area (Å²) in [7, 11) is 0. The fraction of sp³-hybridized carbons (Fsp3) is 0.118. The quantitative estimate of drug-likeness (QED) is 0.739. The molecule has 0 radical (unpaired) electrons. The van der Waals surface area contributed by atoms with E-state index in [4.69, 9.17) is 4.74 Å². The Balaban J connectivity index is 1.99. The van der Waals surface area contributed by atoms with Crippen molar-refractivity contribution in [1.29, 1.82) is 0 Å². The number of aliphatic hydroxyl groups excluding tert-OH is 1. The summed E-state index contributed by atoms with van der Waals surface area (Å²) in [4.78, 5) is 4.37. The molecule has 0 fully saturated rings. The first kappa shape index (κ1) is 14.0. The van der Waals surface area contributed by atoms with Crippen LogP contribution in [0.1, 0.15) is 18.6 Å². The third kappa shape index (κ3) is 2.91. The molecule has 106 valence electrons. The second kappa shape index (κ2) is 5.84. The molecule has 0 saturated carbocycles. The van der Waals surface area contributed by atoms with Gasteiger partial charge in [-0.05, 0) is 52.7 Å². The van der Waals surface area contributed by atoms with Crippen LogP contribution in [0.5, 0.6) is 11.5 Å². The third-order valence-corrected chi connectivity index (χ3v) is 3.87. The lowest BCUT2D eigenvalue weighted by Gasteiger charge is -2.12. The predicted octanol–water partition coefficient (Wildman–Crippen LogP) is 4.84. The van der Waals surface area contributed by atoms with E-state index in [1.54, 1.807) is 13.1 Å². The second-order valence-corrected chi connectivity index (χ2v) is 5.65. The topological polar surface area (TPSA) is 42.4 Å². The molecule has 0 aliphatic rings. The minimum absolute atomic E-state index is 0.505. The molecule has 0 aliphatic heterocycles. The van der Waals surface area contributed by atoms with Crippen molar-refractivity contribution in [2.24, 2.45) is 0 Å². The number of hydrogen-bond acceptors (Lipinski definition) is 3. The summed E-state index contributed by atoms with van der Waals surface area (Å²) in [5.74, 6) is 1.40. The highest BCUT2D eigenvalue weighted by Crippen LogP contribution is 2.34. The molecule has 4 heteroatoms. The first-order valence-electron chi connectivity index (χ1n) is 6.64. The standard InChI is InChI=1S/C17H14BrNO2/c1-11(20)13-7-8-15(14(18)10-13)21-16-6-2-4-12-5-3-9-19-17(12)16/h2-11,20H,1H3/t11-/m1/s1. The molecule has 2 aromatic carbocycles. The maximum absolute atomic E-state index is 9.60. The van der Waals surface area contributed by atoms with Gasteiger partial charge in [0.2, 0.25) is 0 Å². The van der Waals surface area contributed by atoms with Gasteiger partial charge in [-0.3, -0.25) is 4.98 Å². The molecule has 0 saturated heterocycles. The van der Waals surface area contributed by atoms with Gasteiger partial charge in [-0.25, -0.2) is 0 Å². The Morgan fingerprint density at radius 2 is 1.90 bits per heavy atom. The smallest absolute Gasteiger partial charge is 0.153 e. The number of ether oxygens (including phenoxy) is 1. The van der Waals surface area contributed by atoms with Crippen LogP contribution in [0.15, 0.2) is 59.2 Å². The van der Waals surface area contributed by atoms with E-state index in [1.165, 1.54) is 0 Å². The van der Waals surface area contributed by atoms with Crippen LogP contribution in [0.25, 0.3) is 10.9 Å². The Labute approximate surface area is 131 Å². The second-order valence-electron chi connectivity index (χ2n) is 4.80. The van der Waals surface area contributed by atoms with Crippen molar-refractivity contribution < 1.29 is 9.84 Å². The Morgan fingerprint density at radius 1 is 1.10 bits per heavy atom. The van der Waals surface area contributed by atoms with E-state index in [0.717, 1.165) is 20.9 Å². The van der Waals surface area contributed by atoms with Gasteiger partial charge in [0.15, 0.2) is 5.75 Å². The van der Waals surface area contributed by atoms with E-state index in [-0.39, 0.29) is 0 Å². The summed E-state index contributed by atoms with van der Waals surface area (Å²) in [6, 6.07) is 15.3. The fourth-order valence-electron chi connectivity index (χ4n) is 2.14. The van der Waals surface area contributed by atoms with Gasteiger partial charge in [0, 0.05) is 11.6 Å². The highest BCUT2D eigenvalue weighted by Gasteiger charge is 2.09. The van der Waals surface area contributed by atoms with Gasteiger partial charge in [-0.2, -0.15) is 0 Å². The Bertz CT molecular complexity index is 781.